The molecule has 0 bridgehead atoms. The normalized spacial score (nSPS) is 28.0. The van der Waals surface area contributed by atoms with Crippen molar-refractivity contribution in [3.63, 3.8) is 0 Å². The molecule has 3 N–H and O–H groups in total. The van der Waals surface area contributed by atoms with Gasteiger partial charge in [0.1, 0.15) is 0 Å². The van der Waals surface area contributed by atoms with E-state index in [9.17, 15) is 10.2 Å². The van der Waals surface area contributed by atoms with Gasteiger partial charge in [0.25, 0.3) is 0 Å². The lowest BCUT2D eigenvalue weighted by Gasteiger charge is -2.24. The number of aryl methyl sites for hydroxylation is 1. The van der Waals surface area contributed by atoms with Crippen molar-refractivity contribution in [2.75, 3.05) is 0 Å². The van der Waals surface area contributed by atoms with E-state index in [2.05, 4.69) is 42.6 Å². The number of aliphatic hydroxyl groups excluding tert-OH is 2. The molecule has 0 amide bonds. The van der Waals surface area contributed by atoms with E-state index < -0.39 is 12.2 Å². The third-order valence-corrected chi connectivity index (χ3v) is 4.55. The summed E-state index contributed by atoms with van der Waals surface area (Å²) in [6.07, 6.45) is -0.801. The van der Waals surface area contributed by atoms with Crippen molar-refractivity contribution >= 4 is 0 Å². The lowest BCUT2D eigenvalue weighted by Crippen LogP contribution is -2.41. The SMILES string of the molecule is Cc1cccc([C@H]2C[C@@H](O)[C@@H](O)[C@@H]2NCc2ccccc2)c1. The topological polar surface area (TPSA) is 52.5 Å². The standard InChI is InChI=1S/C19H23NO2/c1-13-6-5-9-15(10-13)16-11-17(21)19(22)18(16)20-12-14-7-3-2-4-8-14/h2-10,16-22H,11-12H2,1H3/t16-,17-,18-,19-/m1/s1. The van der Waals surface area contributed by atoms with Gasteiger partial charge in [-0.2, -0.15) is 0 Å². The minimum atomic E-state index is -0.728. The Hall–Kier alpha value is -1.68. The smallest absolute Gasteiger partial charge is 0.0957 e. The first kappa shape index (κ1) is 15.2. The van der Waals surface area contributed by atoms with E-state index in [-0.39, 0.29) is 12.0 Å². The van der Waals surface area contributed by atoms with Crippen LogP contribution in [0.5, 0.6) is 0 Å². The second-order valence-corrected chi connectivity index (χ2v) is 6.21. The van der Waals surface area contributed by atoms with E-state index in [4.69, 9.17) is 0 Å². The van der Waals surface area contributed by atoms with Crippen LogP contribution in [0.1, 0.15) is 29.0 Å². The lowest BCUT2D eigenvalue weighted by atomic mass is 9.92. The summed E-state index contributed by atoms with van der Waals surface area (Å²) in [4.78, 5) is 0. The van der Waals surface area contributed by atoms with Gasteiger partial charge in [-0.15, -0.1) is 0 Å². The van der Waals surface area contributed by atoms with Crippen molar-refractivity contribution in [1.82, 2.24) is 5.32 Å². The zero-order chi connectivity index (χ0) is 15.5. The summed E-state index contributed by atoms with van der Waals surface area (Å²) in [6.45, 7) is 2.76. The minimum absolute atomic E-state index is 0.128. The molecule has 0 aliphatic heterocycles. The molecule has 3 rings (SSSR count). The second kappa shape index (κ2) is 6.61. The summed E-state index contributed by atoms with van der Waals surface area (Å²) < 4.78 is 0. The predicted molar refractivity (Wildman–Crippen MR) is 87.6 cm³/mol. The van der Waals surface area contributed by atoms with E-state index in [1.54, 1.807) is 0 Å². The molecule has 0 aromatic heterocycles. The molecule has 0 radical (unpaired) electrons. The monoisotopic (exact) mass is 297 g/mol. The number of rotatable bonds is 4. The van der Waals surface area contributed by atoms with E-state index in [1.807, 2.05) is 24.3 Å². The Morgan fingerprint density at radius 2 is 1.82 bits per heavy atom. The molecule has 2 aromatic carbocycles. The maximum absolute atomic E-state index is 10.3. The molecule has 0 heterocycles. The third kappa shape index (κ3) is 3.22. The van der Waals surface area contributed by atoms with E-state index in [0.29, 0.717) is 13.0 Å². The molecule has 0 spiro atoms. The van der Waals surface area contributed by atoms with Crippen LogP contribution in [0, 0.1) is 6.92 Å². The van der Waals surface area contributed by atoms with Crippen LogP contribution in [0.25, 0.3) is 0 Å². The Kier molecular flexibility index (Phi) is 4.57. The zero-order valence-corrected chi connectivity index (χ0v) is 12.8. The number of hydrogen-bond donors (Lipinski definition) is 3. The van der Waals surface area contributed by atoms with Gasteiger partial charge in [0.05, 0.1) is 12.2 Å². The molecular weight excluding hydrogens is 274 g/mol. The highest BCUT2D eigenvalue weighted by molar-refractivity contribution is 5.29. The molecule has 4 atom stereocenters. The number of hydrogen-bond acceptors (Lipinski definition) is 3. The van der Waals surface area contributed by atoms with Crippen molar-refractivity contribution in [3.05, 3.63) is 71.3 Å². The molecule has 3 nitrogen and oxygen atoms in total. The van der Waals surface area contributed by atoms with Crippen LogP contribution in [0.3, 0.4) is 0 Å². The second-order valence-electron chi connectivity index (χ2n) is 6.21. The van der Waals surface area contributed by atoms with Crippen LogP contribution in [-0.4, -0.2) is 28.5 Å². The van der Waals surface area contributed by atoms with Crippen LogP contribution in [-0.2, 0) is 6.54 Å². The lowest BCUT2D eigenvalue weighted by molar-refractivity contribution is 0.0297. The zero-order valence-electron chi connectivity index (χ0n) is 12.8. The quantitative estimate of drug-likeness (QED) is 0.812. The van der Waals surface area contributed by atoms with Gasteiger partial charge in [-0.25, -0.2) is 0 Å². The Bertz CT molecular complexity index is 614. The van der Waals surface area contributed by atoms with Gasteiger partial charge in [-0.1, -0.05) is 60.2 Å². The summed E-state index contributed by atoms with van der Waals surface area (Å²) in [5.41, 5.74) is 3.57. The van der Waals surface area contributed by atoms with Crippen molar-refractivity contribution in [3.8, 4) is 0 Å². The van der Waals surface area contributed by atoms with Gasteiger partial charge < -0.3 is 15.5 Å². The van der Waals surface area contributed by atoms with E-state index in [1.165, 1.54) is 16.7 Å². The van der Waals surface area contributed by atoms with Gasteiger partial charge in [0.2, 0.25) is 0 Å². The molecule has 1 aliphatic carbocycles. The van der Waals surface area contributed by atoms with Crippen LogP contribution in [0.4, 0.5) is 0 Å². The summed E-state index contributed by atoms with van der Waals surface area (Å²) in [5.74, 6) is 0.133. The number of aliphatic hydroxyl groups is 2. The third-order valence-electron chi connectivity index (χ3n) is 4.55. The first-order chi connectivity index (χ1) is 10.6. The maximum Gasteiger partial charge on any atom is 0.0957 e. The molecule has 0 unspecified atom stereocenters. The Balaban J connectivity index is 1.77. The first-order valence-electron chi connectivity index (χ1n) is 7.85. The largest absolute Gasteiger partial charge is 0.390 e. The Morgan fingerprint density at radius 3 is 2.55 bits per heavy atom. The highest BCUT2D eigenvalue weighted by atomic mass is 16.3. The highest BCUT2D eigenvalue weighted by Crippen LogP contribution is 2.35. The van der Waals surface area contributed by atoms with Crippen molar-refractivity contribution in [2.24, 2.45) is 0 Å². The minimum Gasteiger partial charge on any atom is -0.390 e. The van der Waals surface area contributed by atoms with Gasteiger partial charge in [-0.3, -0.25) is 0 Å². The predicted octanol–water partition coefficient (Wildman–Crippen LogP) is 2.36. The summed E-state index contributed by atoms with van der Waals surface area (Å²) in [6, 6.07) is 18.3. The number of nitrogens with one attached hydrogen (secondary N) is 1. The van der Waals surface area contributed by atoms with Gasteiger partial charge in [0.15, 0.2) is 0 Å². The average molecular weight is 297 g/mol. The van der Waals surface area contributed by atoms with Gasteiger partial charge >= 0.3 is 0 Å². The molecule has 3 heteroatoms. The van der Waals surface area contributed by atoms with Gasteiger partial charge in [-0.05, 0) is 24.5 Å². The summed E-state index contributed by atoms with van der Waals surface area (Å²) in [5, 5.41) is 23.8. The fourth-order valence-electron chi connectivity index (χ4n) is 3.36. The molecule has 0 saturated heterocycles. The van der Waals surface area contributed by atoms with E-state index >= 15 is 0 Å². The van der Waals surface area contributed by atoms with Crippen LogP contribution < -0.4 is 5.32 Å². The molecule has 116 valence electrons. The first-order valence-corrected chi connectivity index (χ1v) is 7.85. The molecule has 1 saturated carbocycles. The van der Waals surface area contributed by atoms with Crippen molar-refractivity contribution in [1.29, 1.82) is 0 Å². The molecule has 2 aromatic rings. The maximum atomic E-state index is 10.3. The Labute approximate surface area is 131 Å². The molecule has 22 heavy (non-hydrogen) atoms. The fourth-order valence-corrected chi connectivity index (χ4v) is 3.36. The van der Waals surface area contributed by atoms with Crippen LogP contribution in [0.2, 0.25) is 0 Å². The average Bonchev–Trinajstić information content (AvgIpc) is 2.82. The van der Waals surface area contributed by atoms with Crippen LogP contribution >= 0.6 is 0 Å². The molecule has 1 fully saturated rings. The number of benzene rings is 2. The van der Waals surface area contributed by atoms with Crippen molar-refractivity contribution < 1.29 is 10.2 Å². The summed E-state index contributed by atoms with van der Waals surface area (Å²) >= 11 is 0. The Morgan fingerprint density at radius 1 is 1.05 bits per heavy atom. The fraction of sp³-hybridized carbons (Fsp3) is 0.368. The van der Waals surface area contributed by atoms with Gasteiger partial charge in [0, 0.05) is 18.5 Å². The highest BCUT2D eigenvalue weighted by Gasteiger charge is 2.41. The molecule has 1 aliphatic rings. The molecular formula is C19H23NO2. The van der Waals surface area contributed by atoms with Crippen molar-refractivity contribution in [2.45, 2.75) is 44.1 Å². The van der Waals surface area contributed by atoms with Crippen LogP contribution in [0.15, 0.2) is 54.6 Å². The summed E-state index contributed by atoms with van der Waals surface area (Å²) in [7, 11) is 0. The van der Waals surface area contributed by atoms with E-state index in [0.717, 1.165) is 0 Å².